The van der Waals surface area contributed by atoms with Gasteiger partial charge in [-0.3, -0.25) is 0 Å². The third-order valence-electron chi connectivity index (χ3n) is 2.09. The Morgan fingerprint density at radius 2 is 1.53 bits per heavy atom. The largest absolute Gasteiger partial charge is 1.00 e. The maximum Gasteiger partial charge on any atom is 1.00 e. The van der Waals surface area contributed by atoms with Crippen LogP contribution in [0.5, 0.6) is 0 Å². The predicted octanol–water partition coefficient (Wildman–Crippen LogP) is -2.83. The minimum absolute atomic E-state index is 0. The van der Waals surface area contributed by atoms with Crippen LogP contribution >= 0.6 is 0 Å². The molecule has 0 bridgehead atoms. The first-order valence-corrected chi connectivity index (χ1v) is 5.98. The standard InChI is InChI=1S/C10H10O7S.Na/c1-16-9(11)7-4-3-6(18(13,14)15)5-8(7)10(12)17-2;/h3-5H,1-2H3,(H,13,14,15);/q;+1/p-1. The molecule has 0 atom stereocenters. The van der Waals surface area contributed by atoms with Crippen molar-refractivity contribution < 1.29 is 61.6 Å². The number of benzene rings is 1. The van der Waals surface area contributed by atoms with Crippen molar-refractivity contribution in [1.82, 2.24) is 0 Å². The van der Waals surface area contributed by atoms with Gasteiger partial charge in [0, 0.05) is 0 Å². The van der Waals surface area contributed by atoms with Gasteiger partial charge in [0.15, 0.2) is 0 Å². The molecule has 0 heterocycles. The molecule has 0 aliphatic rings. The Kier molecular flexibility index (Phi) is 6.67. The molecule has 0 N–H and O–H groups in total. The van der Waals surface area contributed by atoms with Crippen molar-refractivity contribution in [2.45, 2.75) is 4.90 Å². The van der Waals surface area contributed by atoms with Crippen molar-refractivity contribution >= 4 is 22.1 Å². The van der Waals surface area contributed by atoms with E-state index in [0.29, 0.717) is 0 Å². The van der Waals surface area contributed by atoms with E-state index in [2.05, 4.69) is 9.47 Å². The van der Waals surface area contributed by atoms with Gasteiger partial charge in [0.2, 0.25) is 0 Å². The van der Waals surface area contributed by atoms with E-state index < -0.39 is 27.0 Å². The monoisotopic (exact) mass is 296 g/mol. The van der Waals surface area contributed by atoms with Crippen molar-refractivity contribution in [3.8, 4) is 0 Å². The van der Waals surface area contributed by atoms with Crippen LogP contribution < -0.4 is 29.6 Å². The van der Waals surface area contributed by atoms with Gasteiger partial charge in [0.25, 0.3) is 0 Å². The second-order valence-corrected chi connectivity index (χ2v) is 4.52. The summed E-state index contributed by atoms with van der Waals surface area (Å²) in [5, 5.41) is 0. The molecule has 98 valence electrons. The third kappa shape index (κ3) is 4.29. The van der Waals surface area contributed by atoms with Gasteiger partial charge in [0.05, 0.1) is 30.2 Å². The van der Waals surface area contributed by atoms with Crippen LogP contribution in [0.3, 0.4) is 0 Å². The van der Waals surface area contributed by atoms with Crippen LogP contribution in [0, 0.1) is 0 Å². The molecule has 19 heavy (non-hydrogen) atoms. The average molecular weight is 296 g/mol. The Labute approximate surface area is 131 Å². The van der Waals surface area contributed by atoms with Crippen molar-refractivity contribution in [2.24, 2.45) is 0 Å². The molecule has 0 aliphatic carbocycles. The maximum absolute atomic E-state index is 11.4. The van der Waals surface area contributed by atoms with E-state index in [1.165, 1.54) is 0 Å². The van der Waals surface area contributed by atoms with E-state index in [4.69, 9.17) is 0 Å². The molecule has 0 amide bonds. The summed E-state index contributed by atoms with van der Waals surface area (Å²) in [7, 11) is -2.57. The summed E-state index contributed by atoms with van der Waals surface area (Å²) in [6, 6.07) is 2.71. The zero-order valence-corrected chi connectivity index (χ0v) is 13.3. The SMILES string of the molecule is COC(=O)c1ccc(S(=O)(=O)[O-])cc1C(=O)OC.[Na+]. The van der Waals surface area contributed by atoms with E-state index in [9.17, 15) is 22.6 Å². The molecule has 1 aromatic carbocycles. The molecule has 7 nitrogen and oxygen atoms in total. The number of esters is 2. The van der Waals surface area contributed by atoms with Gasteiger partial charge in [-0.15, -0.1) is 0 Å². The Bertz CT molecular complexity index is 594. The van der Waals surface area contributed by atoms with Crippen LogP contribution in [-0.2, 0) is 19.6 Å². The van der Waals surface area contributed by atoms with Crippen LogP contribution in [-0.4, -0.2) is 39.1 Å². The Hall–Kier alpha value is -0.930. The summed E-state index contributed by atoms with van der Waals surface area (Å²) in [4.78, 5) is 22.1. The molecular weight excluding hydrogens is 287 g/mol. The van der Waals surface area contributed by atoms with E-state index >= 15 is 0 Å². The summed E-state index contributed by atoms with van der Waals surface area (Å²) in [6.45, 7) is 0. The third-order valence-corrected chi connectivity index (χ3v) is 2.92. The van der Waals surface area contributed by atoms with E-state index in [0.717, 1.165) is 32.4 Å². The number of hydrogen-bond acceptors (Lipinski definition) is 7. The fourth-order valence-corrected chi connectivity index (χ4v) is 1.74. The Balaban J connectivity index is 0.00000324. The molecule has 9 heteroatoms. The minimum Gasteiger partial charge on any atom is -0.744 e. The molecule has 0 aromatic heterocycles. The van der Waals surface area contributed by atoms with Crippen molar-refractivity contribution in [2.75, 3.05) is 14.2 Å². The normalized spacial score (nSPS) is 10.3. The van der Waals surface area contributed by atoms with Gasteiger partial charge < -0.3 is 14.0 Å². The molecule has 0 saturated carbocycles. The zero-order valence-electron chi connectivity index (χ0n) is 10.5. The molecule has 0 radical (unpaired) electrons. The molecule has 0 saturated heterocycles. The number of hydrogen-bond donors (Lipinski definition) is 0. The van der Waals surface area contributed by atoms with Gasteiger partial charge in [-0.25, -0.2) is 18.0 Å². The second-order valence-electron chi connectivity index (χ2n) is 3.14. The molecule has 1 aromatic rings. The van der Waals surface area contributed by atoms with E-state index in [-0.39, 0.29) is 40.7 Å². The molecule has 0 spiro atoms. The van der Waals surface area contributed by atoms with Gasteiger partial charge in [-0.1, -0.05) is 0 Å². The second kappa shape index (κ2) is 7.01. The summed E-state index contributed by atoms with van der Waals surface area (Å²) in [5.41, 5.74) is -0.530. The topological polar surface area (TPSA) is 110 Å². The number of carbonyl (C=O) groups excluding carboxylic acids is 2. The van der Waals surface area contributed by atoms with Crippen molar-refractivity contribution in [3.05, 3.63) is 29.3 Å². The molecule has 0 fully saturated rings. The summed E-state index contributed by atoms with van der Waals surface area (Å²) < 4.78 is 41.3. The van der Waals surface area contributed by atoms with Gasteiger partial charge in [-0.2, -0.15) is 0 Å². The molecular formula is C10H9NaO7S. The summed E-state index contributed by atoms with van der Waals surface area (Å²) in [6.07, 6.45) is 0. The smallest absolute Gasteiger partial charge is 0.744 e. The van der Waals surface area contributed by atoms with Crippen molar-refractivity contribution in [3.63, 3.8) is 0 Å². The fraction of sp³-hybridized carbons (Fsp3) is 0.200. The molecule has 1 rings (SSSR count). The molecule has 0 aliphatic heterocycles. The van der Waals surface area contributed by atoms with Crippen LogP contribution in [0.4, 0.5) is 0 Å². The van der Waals surface area contributed by atoms with Crippen molar-refractivity contribution in [1.29, 1.82) is 0 Å². The average Bonchev–Trinajstić information content (AvgIpc) is 2.35. The maximum atomic E-state index is 11.4. The summed E-state index contributed by atoms with van der Waals surface area (Å²) in [5.74, 6) is -1.79. The van der Waals surface area contributed by atoms with Crippen LogP contribution in [0.15, 0.2) is 23.1 Å². The summed E-state index contributed by atoms with van der Waals surface area (Å²) >= 11 is 0. The quantitative estimate of drug-likeness (QED) is 0.336. The van der Waals surface area contributed by atoms with Crippen LogP contribution in [0.1, 0.15) is 20.7 Å². The first kappa shape index (κ1) is 18.1. The Morgan fingerprint density at radius 1 is 1.05 bits per heavy atom. The number of carbonyl (C=O) groups is 2. The van der Waals surface area contributed by atoms with Crippen LogP contribution in [0.25, 0.3) is 0 Å². The Morgan fingerprint density at radius 3 is 1.95 bits per heavy atom. The van der Waals surface area contributed by atoms with Gasteiger partial charge in [-0.05, 0) is 18.2 Å². The number of ether oxygens (including phenoxy) is 2. The minimum atomic E-state index is -4.73. The molecule has 0 unspecified atom stereocenters. The van der Waals surface area contributed by atoms with Gasteiger partial charge in [0.1, 0.15) is 10.1 Å². The van der Waals surface area contributed by atoms with Gasteiger partial charge >= 0.3 is 41.5 Å². The predicted molar refractivity (Wildman–Crippen MR) is 57.1 cm³/mol. The van der Waals surface area contributed by atoms with E-state index in [1.807, 2.05) is 0 Å². The first-order chi connectivity index (χ1) is 8.31. The zero-order chi connectivity index (χ0) is 13.9. The van der Waals surface area contributed by atoms with Crippen LogP contribution in [0.2, 0.25) is 0 Å². The van der Waals surface area contributed by atoms with E-state index in [1.54, 1.807) is 0 Å². The number of methoxy groups -OCH3 is 2. The number of rotatable bonds is 3. The fourth-order valence-electron chi connectivity index (χ4n) is 1.25. The first-order valence-electron chi connectivity index (χ1n) is 4.58.